The van der Waals surface area contributed by atoms with E-state index in [1.807, 2.05) is 6.07 Å². The quantitative estimate of drug-likeness (QED) is 0.443. The van der Waals surface area contributed by atoms with Crippen molar-refractivity contribution in [1.29, 1.82) is 0 Å². The Morgan fingerprint density at radius 1 is 0.667 bits per heavy atom. The number of pyridine rings is 1. The molecule has 0 bridgehead atoms. The predicted octanol–water partition coefficient (Wildman–Crippen LogP) is 6.13. The lowest BCUT2D eigenvalue weighted by Gasteiger charge is -2.17. The van der Waals surface area contributed by atoms with E-state index in [1.54, 1.807) is 0 Å². The first-order valence-electron chi connectivity index (χ1n) is 8.41. The number of nitrogens with zero attached hydrogens (tertiary/aromatic N) is 1. The molecular weight excluding hydrogens is 290 g/mol. The lowest BCUT2D eigenvalue weighted by Crippen LogP contribution is -1.98. The Balaban J connectivity index is 2.12. The molecule has 4 rings (SSSR count). The zero-order valence-corrected chi connectivity index (χ0v) is 13.7. The Morgan fingerprint density at radius 2 is 1.25 bits per heavy atom. The molecular formula is C23H19N. The average Bonchev–Trinajstić information content (AvgIpc) is 2.67. The maximum atomic E-state index is 5.00. The van der Waals surface area contributed by atoms with Crippen molar-refractivity contribution in [2.75, 3.05) is 0 Å². The van der Waals surface area contributed by atoms with Gasteiger partial charge in [0.25, 0.3) is 0 Å². The zero-order valence-electron chi connectivity index (χ0n) is 13.7. The molecule has 0 saturated heterocycles. The van der Waals surface area contributed by atoms with Crippen molar-refractivity contribution >= 4 is 10.9 Å². The number of hydrogen-bond acceptors (Lipinski definition) is 1. The van der Waals surface area contributed by atoms with Gasteiger partial charge in [-0.25, -0.2) is 4.98 Å². The normalized spacial score (nSPS) is 10.9. The fraction of sp³-hybridized carbons (Fsp3) is 0.0870. The summed E-state index contributed by atoms with van der Waals surface area (Å²) >= 11 is 0. The van der Waals surface area contributed by atoms with Gasteiger partial charge in [-0.05, 0) is 29.2 Å². The first-order chi connectivity index (χ1) is 11.9. The summed E-state index contributed by atoms with van der Waals surface area (Å²) < 4.78 is 0. The number of hydrogen-bond donors (Lipinski definition) is 0. The predicted molar refractivity (Wildman–Crippen MR) is 102 cm³/mol. The summed E-state index contributed by atoms with van der Waals surface area (Å²) in [6.45, 7) is 2.21. The van der Waals surface area contributed by atoms with Crippen molar-refractivity contribution in [3.63, 3.8) is 0 Å². The lowest BCUT2D eigenvalue weighted by molar-refractivity contribution is 1.13. The molecule has 24 heavy (non-hydrogen) atoms. The van der Waals surface area contributed by atoms with E-state index in [2.05, 4.69) is 85.8 Å². The standard InChI is InChI=1S/C23H19N/c1-2-19-22(17-11-5-3-6-12-17)20-15-9-10-16-21(20)24-23(19)18-13-7-4-8-14-18/h3-16H,2H2,1H3. The Hall–Kier alpha value is -2.93. The number of fused-ring (bicyclic) bond motifs is 1. The number of para-hydroxylation sites is 1. The third-order valence-electron chi connectivity index (χ3n) is 4.46. The minimum Gasteiger partial charge on any atom is -0.247 e. The lowest BCUT2D eigenvalue weighted by atomic mass is 9.91. The monoisotopic (exact) mass is 309 g/mol. The van der Waals surface area contributed by atoms with Gasteiger partial charge in [0.1, 0.15) is 0 Å². The van der Waals surface area contributed by atoms with E-state index in [0.29, 0.717) is 0 Å². The molecule has 1 heterocycles. The van der Waals surface area contributed by atoms with Crippen molar-refractivity contribution in [2.24, 2.45) is 0 Å². The SMILES string of the molecule is CCc1c(-c2ccccc2)nc2ccccc2c1-c1ccccc1. The van der Waals surface area contributed by atoms with Gasteiger partial charge in [-0.15, -0.1) is 0 Å². The summed E-state index contributed by atoms with van der Waals surface area (Å²) in [7, 11) is 0. The molecule has 1 heteroatoms. The Bertz CT molecular complexity index is 973. The number of rotatable bonds is 3. The fourth-order valence-electron chi connectivity index (χ4n) is 3.37. The highest BCUT2D eigenvalue weighted by Gasteiger charge is 2.16. The molecule has 116 valence electrons. The van der Waals surface area contributed by atoms with E-state index in [4.69, 9.17) is 4.98 Å². The summed E-state index contributed by atoms with van der Waals surface area (Å²) in [6, 6.07) is 29.6. The van der Waals surface area contributed by atoms with Crippen molar-refractivity contribution < 1.29 is 0 Å². The number of aromatic nitrogens is 1. The van der Waals surface area contributed by atoms with Crippen molar-refractivity contribution in [3.05, 3.63) is 90.5 Å². The topological polar surface area (TPSA) is 12.9 Å². The highest BCUT2D eigenvalue weighted by atomic mass is 14.7. The smallest absolute Gasteiger partial charge is 0.0747 e. The Labute approximate surface area is 142 Å². The summed E-state index contributed by atoms with van der Waals surface area (Å²) in [5, 5.41) is 1.22. The van der Waals surface area contributed by atoms with Crippen LogP contribution in [0.4, 0.5) is 0 Å². The summed E-state index contributed by atoms with van der Waals surface area (Å²) in [5.74, 6) is 0. The Kier molecular flexibility index (Phi) is 3.84. The minimum atomic E-state index is 0.951. The van der Waals surface area contributed by atoms with Crippen LogP contribution in [0.5, 0.6) is 0 Å². The van der Waals surface area contributed by atoms with Crippen molar-refractivity contribution in [3.8, 4) is 22.4 Å². The van der Waals surface area contributed by atoms with E-state index < -0.39 is 0 Å². The van der Waals surface area contributed by atoms with Crippen LogP contribution in [0, 0.1) is 0 Å². The molecule has 4 aromatic rings. The molecule has 0 aliphatic carbocycles. The van der Waals surface area contributed by atoms with Gasteiger partial charge in [0.2, 0.25) is 0 Å². The van der Waals surface area contributed by atoms with E-state index >= 15 is 0 Å². The van der Waals surface area contributed by atoms with Gasteiger partial charge in [0.15, 0.2) is 0 Å². The molecule has 3 aromatic carbocycles. The van der Waals surface area contributed by atoms with Crippen LogP contribution in [0.3, 0.4) is 0 Å². The summed E-state index contributed by atoms with van der Waals surface area (Å²) in [5.41, 5.74) is 7.19. The van der Waals surface area contributed by atoms with Crippen LogP contribution >= 0.6 is 0 Å². The van der Waals surface area contributed by atoms with Gasteiger partial charge >= 0.3 is 0 Å². The molecule has 0 amide bonds. The van der Waals surface area contributed by atoms with Crippen LogP contribution in [-0.4, -0.2) is 4.98 Å². The van der Waals surface area contributed by atoms with Gasteiger partial charge in [-0.1, -0.05) is 85.8 Å². The molecule has 1 aromatic heterocycles. The maximum Gasteiger partial charge on any atom is 0.0747 e. The van der Waals surface area contributed by atoms with E-state index in [0.717, 1.165) is 17.6 Å². The maximum absolute atomic E-state index is 5.00. The molecule has 0 fully saturated rings. The van der Waals surface area contributed by atoms with E-state index in [1.165, 1.54) is 27.6 Å². The van der Waals surface area contributed by atoms with Gasteiger partial charge < -0.3 is 0 Å². The largest absolute Gasteiger partial charge is 0.247 e. The molecule has 0 atom stereocenters. The molecule has 0 aliphatic heterocycles. The first kappa shape index (κ1) is 14.6. The van der Waals surface area contributed by atoms with E-state index in [-0.39, 0.29) is 0 Å². The minimum absolute atomic E-state index is 0.951. The molecule has 0 spiro atoms. The second-order valence-electron chi connectivity index (χ2n) is 5.92. The van der Waals surface area contributed by atoms with Gasteiger partial charge in [-0.2, -0.15) is 0 Å². The second kappa shape index (κ2) is 6.29. The van der Waals surface area contributed by atoms with Gasteiger partial charge in [0.05, 0.1) is 11.2 Å². The van der Waals surface area contributed by atoms with Crippen molar-refractivity contribution in [2.45, 2.75) is 13.3 Å². The molecule has 1 nitrogen and oxygen atoms in total. The molecule has 0 N–H and O–H groups in total. The number of benzene rings is 3. The van der Waals surface area contributed by atoms with Crippen LogP contribution in [0.1, 0.15) is 12.5 Å². The molecule has 0 unspecified atom stereocenters. The van der Waals surface area contributed by atoms with Gasteiger partial charge in [0, 0.05) is 10.9 Å². The molecule has 0 aliphatic rings. The fourth-order valence-corrected chi connectivity index (χ4v) is 3.37. The van der Waals surface area contributed by atoms with Crippen LogP contribution in [0.15, 0.2) is 84.9 Å². The van der Waals surface area contributed by atoms with Crippen LogP contribution in [0.25, 0.3) is 33.3 Å². The molecule has 0 radical (unpaired) electrons. The van der Waals surface area contributed by atoms with Crippen molar-refractivity contribution in [1.82, 2.24) is 4.98 Å². The van der Waals surface area contributed by atoms with Crippen LogP contribution in [0.2, 0.25) is 0 Å². The van der Waals surface area contributed by atoms with Gasteiger partial charge in [-0.3, -0.25) is 0 Å². The highest BCUT2D eigenvalue weighted by molar-refractivity contribution is 5.99. The third kappa shape index (κ3) is 2.48. The first-order valence-corrected chi connectivity index (χ1v) is 8.41. The molecule has 0 saturated carbocycles. The van der Waals surface area contributed by atoms with Crippen LogP contribution < -0.4 is 0 Å². The second-order valence-corrected chi connectivity index (χ2v) is 5.92. The summed E-state index contributed by atoms with van der Waals surface area (Å²) in [4.78, 5) is 5.00. The third-order valence-corrected chi connectivity index (χ3v) is 4.46. The Morgan fingerprint density at radius 3 is 1.92 bits per heavy atom. The average molecular weight is 309 g/mol. The zero-order chi connectivity index (χ0) is 16.4. The van der Waals surface area contributed by atoms with E-state index in [9.17, 15) is 0 Å². The van der Waals surface area contributed by atoms with Crippen LogP contribution in [-0.2, 0) is 6.42 Å². The summed E-state index contributed by atoms with van der Waals surface area (Å²) in [6.07, 6.45) is 0.951. The highest BCUT2D eigenvalue weighted by Crippen LogP contribution is 2.37.